The standard InChI is InChI=1S/C19H19N3O2/c1-13-17(22-11-5-4-8-16(22)21-13)18(23)20-12-19(24)10-9-14-6-2-3-7-15(14)19/h2-8,11,24H,9-10,12H2,1H3,(H,20,23). The Hall–Kier alpha value is -2.66. The van der Waals surface area contributed by atoms with E-state index in [9.17, 15) is 9.90 Å². The summed E-state index contributed by atoms with van der Waals surface area (Å²) >= 11 is 0. The highest BCUT2D eigenvalue weighted by molar-refractivity contribution is 5.94. The molecule has 0 aliphatic heterocycles. The maximum absolute atomic E-state index is 12.7. The number of imidazole rings is 1. The molecule has 1 aliphatic carbocycles. The number of pyridine rings is 1. The van der Waals surface area contributed by atoms with Crippen molar-refractivity contribution in [3.8, 4) is 0 Å². The summed E-state index contributed by atoms with van der Waals surface area (Å²) in [6, 6.07) is 13.5. The van der Waals surface area contributed by atoms with Crippen LogP contribution < -0.4 is 5.32 Å². The summed E-state index contributed by atoms with van der Waals surface area (Å²) < 4.78 is 1.78. The Labute approximate surface area is 140 Å². The summed E-state index contributed by atoms with van der Waals surface area (Å²) in [5, 5.41) is 13.8. The molecule has 122 valence electrons. The van der Waals surface area contributed by atoms with Crippen molar-refractivity contribution in [2.24, 2.45) is 0 Å². The van der Waals surface area contributed by atoms with Gasteiger partial charge in [0.2, 0.25) is 0 Å². The van der Waals surface area contributed by atoms with Crippen LogP contribution in [0.25, 0.3) is 5.65 Å². The van der Waals surface area contributed by atoms with Crippen LogP contribution in [0.4, 0.5) is 0 Å². The van der Waals surface area contributed by atoms with Gasteiger partial charge in [-0.25, -0.2) is 4.98 Å². The van der Waals surface area contributed by atoms with Crippen LogP contribution in [-0.2, 0) is 12.0 Å². The third kappa shape index (κ3) is 2.29. The lowest BCUT2D eigenvalue weighted by atomic mass is 9.96. The normalized spacial score (nSPS) is 19.4. The molecule has 1 unspecified atom stereocenters. The lowest BCUT2D eigenvalue weighted by Crippen LogP contribution is -2.39. The van der Waals surface area contributed by atoms with E-state index in [1.54, 1.807) is 4.40 Å². The lowest BCUT2D eigenvalue weighted by molar-refractivity contribution is 0.0368. The van der Waals surface area contributed by atoms with Gasteiger partial charge in [-0.2, -0.15) is 0 Å². The Balaban J connectivity index is 1.58. The number of aromatic nitrogens is 2. The molecule has 0 saturated carbocycles. The van der Waals surface area contributed by atoms with E-state index in [0.717, 1.165) is 23.2 Å². The third-order valence-corrected chi connectivity index (χ3v) is 4.79. The summed E-state index contributed by atoms with van der Waals surface area (Å²) in [7, 11) is 0. The number of rotatable bonds is 3. The molecule has 1 amide bonds. The summed E-state index contributed by atoms with van der Waals surface area (Å²) in [5.41, 5.74) is 3.00. The SMILES string of the molecule is Cc1nc2ccccn2c1C(=O)NCC1(O)CCc2ccccc21. The van der Waals surface area contributed by atoms with Gasteiger partial charge in [0, 0.05) is 6.20 Å². The molecule has 0 bridgehead atoms. The predicted molar refractivity (Wildman–Crippen MR) is 90.9 cm³/mol. The number of amides is 1. The van der Waals surface area contributed by atoms with E-state index in [1.807, 2.05) is 55.6 Å². The fraction of sp³-hybridized carbons (Fsp3) is 0.263. The molecule has 5 nitrogen and oxygen atoms in total. The van der Waals surface area contributed by atoms with E-state index < -0.39 is 5.60 Å². The molecule has 1 aromatic carbocycles. The van der Waals surface area contributed by atoms with Gasteiger partial charge in [-0.05, 0) is 43.0 Å². The number of hydrogen-bond donors (Lipinski definition) is 2. The van der Waals surface area contributed by atoms with E-state index in [-0.39, 0.29) is 12.5 Å². The number of hydrogen-bond acceptors (Lipinski definition) is 3. The molecular formula is C19H19N3O2. The molecule has 2 heterocycles. The number of carbonyl (C=O) groups is 1. The first-order valence-electron chi connectivity index (χ1n) is 8.11. The number of aliphatic hydroxyl groups is 1. The zero-order chi connectivity index (χ0) is 16.7. The number of nitrogens with zero attached hydrogens (tertiary/aromatic N) is 2. The molecule has 2 N–H and O–H groups in total. The van der Waals surface area contributed by atoms with E-state index in [1.165, 1.54) is 0 Å². The Kier molecular flexibility index (Phi) is 3.39. The van der Waals surface area contributed by atoms with Gasteiger partial charge in [0.05, 0.1) is 12.2 Å². The first kappa shape index (κ1) is 14.9. The molecule has 0 fully saturated rings. The average molecular weight is 321 g/mol. The smallest absolute Gasteiger partial charge is 0.270 e. The van der Waals surface area contributed by atoms with Crippen LogP contribution in [0, 0.1) is 6.92 Å². The molecule has 0 saturated heterocycles. The van der Waals surface area contributed by atoms with Gasteiger partial charge in [-0.15, -0.1) is 0 Å². The van der Waals surface area contributed by atoms with Gasteiger partial charge < -0.3 is 10.4 Å². The Morgan fingerprint density at radius 1 is 1.29 bits per heavy atom. The Morgan fingerprint density at radius 2 is 2.08 bits per heavy atom. The van der Waals surface area contributed by atoms with Crippen LogP contribution in [0.2, 0.25) is 0 Å². The second-order valence-corrected chi connectivity index (χ2v) is 6.35. The number of benzene rings is 1. The van der Waals surface area contributed by atoms with Crippen molar-refractivity contribution in [3.05, 3.63) is 71.2 Å². The fourth-order valence-corrected chi connectivity index (χ4v) is 3.55. The predicted octanol–water partition coefficient (Wildman–Crippen LogP) is 2.21. The summed E-state index contributed by atoms with van der Waals surface area (Å²) in [5.74, 6) is -0.219. The van der Waals surface area contributed by atoms with Gasteiger partial charge in [0.25, 0.3) is 5.91 Å². The highest BCUT2D eigenvalue weighted by Gasteiger charge is 2.36. The minimum Gasteiger partial charge on any atom is -0.383 e. The van der Waals surface area contributed by atoms with Gasteiger partial charge in [-0.1, -0.05) is 30.3 Å². The summed E-state index contributed by atoms with van der Waals surface area (Å²) in [6.45, 7) is 2.02. The van der Waals surface area contributed by atoms with Crippen LogP contribution in [0.5, 0.6) is 0 Å². The van der Waals surface area contributed by atoms with Crippen LogP contribution in [0.1, 0.15) is 33.7 Å². The quantitative estimate of drug-likeness (QED) is 0.777. The molecule has 1 atom stereocenters. The van der Waals surface area contributed by atoms with Gasteiger partial charge in [0.1, 0.15) is 16.9 Å². The Morgan fingerprint density at radius 3 is 2.96 bits per heavy atom. The van der Waals surface area contributed by atoms with Crippen LogP contribution in [-0.4, -0.2) is 26.9 Å². The molecule has 4 rings (SSSR count). The van der Waals surface area contributed by atoms with Crippen molar-refractivity contribution < 1.29 is 9.90 Å². The molecular weight excluding hydrogens is 302 g/mol. The maximum atomic E-state index is 12.7. The number of fused-ring (bicyclic) bond motifs is 2. The Bertz CT molecular complexity index is 931. The highest BCUT2D eigenvalue weighted by Crippen LogP contribution is 2.36. The van der Waals surface area contributed by atoms with Crippen molar-refractivity contribution in [2.45, 2.75) is 25.4 Å². The van der Waals surface area contributed by atoms with Crippen molar-refractivity contribution in [3.63, 3.8) is 0 Å². The molecule has 0 radical (unpaired) electrons. The maximum Gasteiger partial charge on any atom is 0.270 e. The minimum atomic E-state index is -0.999. The summed E-state index contributed by atoms with van der Waals surface area (Å²) in [4.78, 5) is 17.1. The number of aryl methyl sites for hydroxylation is 2. The van der Waals surface area contributed by atoms with Crippen LogP contribution in [0.15, 0.2) is 48.7 Å². The first-order chi connectivity index (χ1) is 11.6. The zero-order valence-electron chi connectivity index (χ0n) is 13.5. The van der Waals surface area contributed by atoms with E-state index in [0.29, 0.717) is 17.8 Å². The second kappa shape index (κ2) is 5.46. The molecule has 2 aromatic heterocycles. The van der Waals surface area contributed by atoms with Crippen molar-refractivity contribution >= 4 is 11.6 Å². The lowest BCUT2D eigenvalue weighted by Gasteiger charge is -2.24. The van der Waals surface area contributed by atoms with Gasteiger partial charge >= 0.3 is 0 Å². The second-order valence-electron chi connectivity index (χ2n) is 6.35. The number of nitrogens with one attached hydrogen (secondary N) is 1. The average Bonchev–Trinajstić information content (AvgIpc) is 3.11. The van der Waals surface area contributed by atoms with Crippen molar-refractivity contribution in [1.82, 2.24) is 14.7 Å². The van der Waals surface area contributed by atoms with Crippen LogP contribution >= 0.6 is 0 Å². The minimum absolute atomic E-state index is 0.197. The largest absolute Gasteiger partial charge is 0.383 e. The van der Waals surface area contributed by atoms with E-state index >= 15 is 0 Å². The van der Waals surface area contributed by atoms with Gasteiger partial charge in [-0.3, -0.25) is 9.20 Å². The van der Waals surface area contributed by atoms with Gasteiger partial charge in [0.15, 0.2) is 0 Å². The molecule has 1 aliphatic rings. The number of carbonyl (C=O) groups excluding carboxylic acids is 1. The summed E-state index contributed by atoms with van der Waals surface area (Å²) in [6.07, 6.45) is 3.28. The first-order valence-corrected chi connectivity index (χ1v) is 8.11. The zero-order valence-corrected chi connectivity index (χ0v) is 13.5. The third-order valence-electron chi connectivity index (χ3n) is 4.79. The van der Waals surface area contributed by atoms with Crippen molar-refractivity contribution in [1.29, 1.82) is 0 Å². The molecule has 24 heavy (non-hydrogen) atoms. The molecule has 3 aromatic rings. The molecule has 5 heteroatoms. The fourth-order valence-electron chi connectivity index (χ4n) is 3.55. The molecule has 0 spiro atoms. The van der Waals surface area contributed by atoms with E-state index in [4.69, 9.17) is 0 Å². The van der Waals surface area contributed by atoms with E-state index in [2.05, 4.69) is 10.3 Å². The van der Waals surface area contributed by atoms with Crippen LogP contribution in [0.3, 0.4) is 0 Å². The monoisotopic (exact) mass is 321 g/mol. The highest BCUT2D eigenvalue weighted by atomic mass is 16.3. The topological polar surface area (TPSA) is 66.6 Å². The van der Waals surface area contributed by atoms with Crippen molar-refractivity contribution in [2.75, 3.05) is 6.54 Å².